The number of aliphatic hydroxyl groups is 1. The van der Waals surface area contributed by atoms with Crippen LogP contribution >= 0.6 is 0 Å². The average Bonchev–Trinajstić information content (AvgIpc) is 2.45. The maximum atomic E-state index is 13.8. The highest BCUT2D eigenvalue weighted by molar-refractivity contribution is 5.94. The first-order chi connectivity index (χ1) is 10.0. The zero-order chi connectivity index (χ0) is 15.7. The number of hydrogen-bond donors (Lipinski definition) is 2. The molecule has 0 aliphatic rings. The van der Waals surface area contributed by atoms with Crippen LogP contribution in [0.4, 0.5) is 4.39 Å². The molecule has 0 saturated carbocycles. The molecule has 0 radical (unpaired) electrons. The predicted octanol–water partition coefficient (Wildman–Crippen LogP) is 1.71. The topological polar surface area (TPSA) is 58.6 Å². The van der Waals surface area contributed by atoms with Gasteiger partial charge >= 0.3 is 0 Å². The fourth-order valence-electron chi connectivity index (χ4n) is 1.53. The number of amides is 1. The summed E-state index contributed by atoms with van der Waals surface area (Å²) < 4.78 is 19.1. The zero-order valence-electron chi connectivity index (χ0n) is 12.3. The van der Waals surface area contributed by atoms with Crippen molar-refractivity contribution < 1.29 is 19.0 Å². The van der Waals surface area contributed by atoms with E-state index in [0.717, 1.165) is 6.07 Å². The van der Waals surface area contributed by atoms with Gasteiger partial charge < -0.3 is 15.2 Å². The van der Waals surface area contributed by atoms with Gasteiger partial charge in [-0.2, -0.15) is 0 Å². The highest BCUT2D eigenvalue weighted by Crippen LogP contribution is 2.09. The van der Waals surface area contributed by atoms with E-state index in [-0.39, 0.29) is 36.2 Å². The van der Waals surface area contributed by atoms with Gasteiger partial charge in [-0.05, 0) is 32.0 Å². The lowest BCUT2D eigenvalue weighted by molar-refractivity contribution is 0.0746. The molecule has 4 nitrogen and oxygen atoms in total. The molecule has 1 amide bonds. The number of ether oxygens (including phenoxy) is 1. The minimum absolute atomic E-state index is 0.0619. The molecule has 21 heavy (non-hydrogen) atoms. The molecule has 1 rings (SSSR count). The Balaban J connectivity index is 2.58. The SMILES string of the molecule is CC(C)OCCNC(=O)c1ccc(C#CCCO)c(F)c1. The van der Waals surface area contributed by atoms with Crippen LogP contribution in [0.2, 0.25) is 0 Å². The molecule has 0 heterocycles. The fourth-order valence-corrected chi connectivity index (χ4v) is 1.53. The summed E-state index contributed by atoms with van der Waals surface area (Å²) >= 11 is 0. The number of benzene rings is 1. The highest BCUT2D eigenvalue weighted by atomic mass is 19.1. The van der Waals surface area contributed by atoms with Crippen molar-refractivity contribution in [1.29, 1.82) is 0 Å². The molecule has 0 aliphatic carbocycles. The van der Waals surface area contributed by atoms with Crippen molar-refractivity contribution in [3.05, 3.63) is 35.1 Å². The van der Waals surface area contributed by atoms with Crippen molar-refractivity contribution in [2.24, 2.45) is 0 Å². The quantitative estimate of drug-likeness (QED) is 0.620. The molecular formula is C16H20FNO3. The monoisotopic (exact) mass is 293 g/mol. The van der Waals surface area contributed by atoms with E-state index >= 15 is 0 Å². The fraction of sp³-hybridized carbons (Fsp3) is 0.438. The maximum Gasteiger partial charge on any atom is 0.251 e. The van der Waals surface area contributed by atoms with Gasteiger partial charge in [-0.3, -0.25) is 4.79 Å². The van der Waals surface area contributed by atoms with Crippen molar-refractivity contribution in [2.45, 2.75) is 26.4 Å². The lowest BCUT2D eigenvalue weighted by Gasteiger charge is -2.09. The Labute approximate surface area is 124 Å². The van der Waals surface area contributed by atoms with Gasteiger partial charge in [-0.15, -0.1) is 0 Å². The summed E-state index contributed by atoms with van der Waals surface area (Å²) in [4.78, 5) is 11.8. The van der Waals surface area contributed by atoms with Crippen LogP contribution < -0.4 is 5.32 Å². The van der Waals surface area contributed by atoms with E-state index in [9.17, 15) is 9.18 Å². The number of carbonyl (C=O) groups excluding carboxylic acids is 1. The smallest absolute Gasteiger partial charge is 0.251 e. The van der Waals surface area contributed by atoms with Crippen molar-refractivity contribution in [3.8, 4) is 11.8 Å². The van der Waals surface area contributed by atoms with Crippen LogP contribution in [0.3, 0.4) is 0 Å². The van der Waals surface area contributed by atoms with Gasteiger partial charge in [-0.1, -0.05) is 11.8 Å². The molecule has 1 aromatic carbocycles. The normalized spacial score (nSPS) is 10.1. The molecule has 0 bridgehead atoms. The van der Waals surface area contributed by atoms with Gasteiger partial charge in [0.25, 0.3) is 5.91 Å². The second-order valence-corrected chi connectivity index (χ2v) is 4.65. The van der Waals surface area contributed by atoms with Crippen LogP contribution in [-0.2, 0) is 4.74 Å². The summed E-state index contributed by atoms with van der Waals surface area (Å²) in [7, 11) is 0. The van der Waals surface area contributed by atoms with E-state index in [0.29, 0.717) is 13.2 Å². The summed E-state index contributed by atoms with van der Waals surface area (Å²) in [5, 5.41) is 11.3. The van der Waals surface area contributed by atoms with E-state index in [4.69, 9.17) is 9.84 Å². The number of nitrogens with one attached hydrogen (secondary N) is 1. The molecule has 114 valence electrons. The van der Waals surface area contributed by atoms with Gasteiger partial charge in [-0.25, -0.2) is 4.39 Å². The van der Waals surface area contributed by atoms with Gasteiger partial charge in [0.05, 0.1) is 24.9 Å². The molecule has 0 unspecified atom stereocenters. The van der Waals surface area contributed by atoms with Gasteiger partial charge in [0.2, 0.25) is 0 Å². The number of hydrogen-bond acceptors (Lipinski definition) is 3. The second-order valence-electron chi connectivity index (χ2n) is 4.65. The molecule has 0 saturated heterocycles. The lowest BCUT2D eigenvalue weighted by atomic mass is 10.1. The molecule has 0 spiro atoms. The third-order valence-corrected chi connectivity index (χ3v) is 2.53. The first-order valence-electron chi connectivity index (χ1n) is 6.83. The van der Waals surface area contributed by atoms with Crippen molar-refractivity contribution in [1.82, 2.24) is 5.32 Å². The molecule has 0 aliphatic heterocycles. The average molecular weight is 293 g/mol. The third kappa shape index (κ3) is 6.39. The van der Waals surface area contributed by atoms with Gasteiger partial charge in [0, 0.05) is 18.5 Å². The maximum absolute atomic E-state index is 13.8. The largest absolute Gasteiger partial charge is 0.395 e. The molecule has 0 fully saturated rings. The van der Waals surface area contributed by atoms with Crippen LogP contribution in [0, 0.1) is 17.7 Å². The standard InChI is InChI=1S/C16H20FNO3/c1-12(2)21-10-8-18-16(20)14-7-6-13(15(17)11-14)5-3-4-9-19/h6-7,11-12,19H,4,8-10H2,1-2H3,(H,18,20). The summed E-state index contributed by atoms with van der Waals surface area (Å²) in [6, 6.07) is 4.13. The van der Waals surface area contributed by atoms with Crippen molar-refractivity contribution >= 4 is 5.91 Å². The molecule has 0 aromatic heterocycles. The Morgan fingerprint density at radius 3 is 2.86 bits per heavy atom. The Morgan fingerprint density at radius 2 is 2.24 bits per heavy atom. The Morgan fingerprint density at radius 1 is 1.48 bits per heavy atom. The van der Waals surface area contributed by atoms with Crippen molar-refractivity contribution in [3.63, 3.8) is 0 Å². The molecular weight excluding hydrogens is 273 g/mol. The van der Waals surface area contributed by atoms with Crippen LogP contribution in [0.5, 0.6) is 0 Å². The van der Waals surface area contributed by atoms with Crippen LogP contribution in [0.15, 0.2) is 18.2 Å². The second kappa shape index (κ2) is 9.11. The Kier molecular flexibility index (Phi) is 7.44. The molecule has 2 N–H and O–H groups in total. The van der Waals surface area contributed by atoms with E-state index in [1.807, 2.05) is 13.8 Å². The first-order valence-corrected chi connectivity index (χ1v) is 6.83. The van der Waals surface area contributed by atoms with E-state index in [1.54, 1.807) is 0 Å². The van der Waals surface area contributed by atoms with Gasteiger partial charge in [0.15, 0.2) is 0 Å². The predicted molar refractivity (Wildman–Crippen MR) is 78.4 cm³/mol. The van der Waals surface area contributed by atoms with Crippen LogP contribution in [0.25, 0.3) is 0 Å². The molecule has 1 aromatic rings. The summed E-state index contributed by atoms with van der Waals surface area (Å²) in [5.41, 5.74) is 0.452. The van der Waals surface area contributed by atoms with Crippen LogP contribution in [-0.4, -0.2) is 36.9 Å². The highest BCUT2D eigenvalue weighted by Gasteiger charge is 2.08. The van der Waals surface area contributed by atoms with Crippen molar-refractivity contribution in [2.75, 3.05) is 19.8 Å². The van der Waals surface area contributed by atoms with Gasteiger partial charge in [0.1, 0.15) is 5.82 Å². The summed E-state index contributed by atoms with van der Waals surface area (Å²) in [6.45, 7) is 4.54. The lowest BCUT2D eigenvalue weighted by Crippen LogP contribution is -2.28. The Bertz CT molecular complexity index is 532. The zero-order valence-corrected chi connectivity index (χ0v) is 12.3. The number of carbonyl (C=O) groups is 1. The third-order valence-electron chi connectivity index (χ3n) is 2.53. The molecule has 0 atom stereocenters. The summed E-state index contributed by atoms with van der Waals surface area (Å²) in [5.74, 6) is 4.34. The van der Waals surface area contributed by atoms with E-state index in [2.05, 4.69) is 17.2 Å². The van der Waals surface area contributed by atoms with Crippen LogP contribution in [0.1, 0.15) is 36.2 Å². The number of rotatable bonds is 6. The minimum atomic E-state index is -0.550. The molecule has 5 heteroatoms. The Hall–Kier alpha value is -1.90. The number of halogens is 1. The minimum Gasteiger partial charge on any atom is -0.395 e. The first kappa shape index (κ1) is 17.2. The number of aliphatic hydroxyl groups excluding tert-OH is 1. The summed E-state index contributed by atoms with van der Waals surface area (Å²) in [6.07, 6.45) is 0.397. The van der Waals surface area contributed by atoms with E-state index in [1.165, 1.54) is 12.1 Å². The van der Waals surface area contributed by atoms with E-state index < -0.39 is 5.82 Å².